The van der Waals surface area contributed by atoms with Gasteiger partial charge in [-0.1, -0.05) is 67.6 Å². The van der Waals surface area contributed by atoms with Crippen LogP contribution < -0.4 is 16.0 Å². The van der Waals surface area contributed by atoms with Crippen LogP contribution in [0, 0.1) is 0 Å². The molecular weight excluding hydrogens is 655 g/mol. The van der Waals surface area contributed by atoms with Gasteiger partial charge in [0.05, 0.1) is 5.25 Å². The first-order chi connectivity index (χ1) is 24.9. The first-order valence-electron chi connectivity index (χ1n) is 17.0. The zero-order valence-electron chi connectivity index (χ0n) is 28.3. The molecule has 51 heavy (non-hydrogen) atoms. The van der Waals surface area contributed by atoms with Crippen molar-refractivity contribution in [1.82, 2.24) is 14.9 Å². The summed E-state index contributed by atoms with van der Waals surface area (Å²) in [7, 11) is 0. The molecule has 0 aliphatic rings. The van der Waals surface area contributed by atoms with Crippen molar-refractivity contribution < 1.29 is 14.4 Å². The summed E-state index contributed by atoms with van der Waals surface area (Å²) in [6.07, 6.45) is 4.08. The van der Waals surface area contributed by atoms with E-state index in [1.807, 2.05) is 79.7 Å². The van der Waals surface area contributed by atoms with E-state index < -0.39 is 11.8 Å². The molecule has 9 heteroatoms. The molecule has 5 aromatic carbocycles. The van der Waals surface area contributed by atoms with Crippen LogP contribution in [0.4, 0.5) is 11.4 Å². The van der Waals surface area contributed by atoms with Crippen molar-refractivity contribution in [3.63, 3.8) is 0 Å². The summed E-state index contributed by atoms with van der Waals surface area (Å²) in [5, 5.41) is 11.7. The molecule has 0 fully saturated rings. The van der Waals surface area contributed by atoms with Gasteiger partial charge in [-0.2, -0.15) is 0 Å². The first-order valence-corrected chi connectivity index (χ1v) is 17.8. The fourth-order valence-electron chi connectivity index (χ4n) is 6.34. The molecule has 0 saturated carbocycles. The number of anilines is 2. The number of hydrogen-bond acceptors (Lipinski definition) is 4. The van der Waals surface area contributed by atoms with Gasteiger partial charge in [-0.05, 0) is 80.1 Å². The lowest BCUT2D eigenvalue weighted by atomic mass is 10.1. The average molecular weight is 692 g/mol. The number of rotatable bonds is 11. The zero-order valence-corrected chi connectivity index (χ0v) is 29.1. The number of aryl methyl sites for hydroxylation is 1. The number of aromatic nitrogens is 2. The standard InChI is InChI=1S/C42H37N5O3S/c1-3-39(42(50)45-30-21-22-38-34(25-30)33-18-9-11-20-37(33)47(38)4-2)51-31-16-12-15-29(24-31)44-41(49)36(46-40(48)27-13-6-5-7-14-27)23-28-26-43-35-19-10-8-17-32(28)35/h5-26,39,43H,3-4H2,1-2H3,(H,44,49)(H,45,50)(H,46,48)/b36-23-. The van der Waals surface area contributed by atoms with Gasteiger partial charge >= 0.3 is 0 Å². The highest BCUT2D eigenvalue weighted by Gasteiger charge is 2.20. The van der Waals surface area contributed by atoms with Crippen molar-refractivity contribution in [3.05, 3.63) is 144 Å². The molecule has 8 nitrogen and oxygen atoms in total. The Morgan fingerprint density at radius 2 is 1.47 bits per heavy atom. The van der Waals surface area contributed by atoms with Crippen molar-refractivity contribution in [1.29, 1.82) is 0 Å². The predicted octanol–water partition coefficient (Wildman–Crippen LogP) is 9.21. The van der Waals surface area contributed by atoms with Crippen LogP contribution in [0.5, 0.6) is 0 Å². The maximum Gasteiger partial charge on any atom is 0.272 e. The van der Waals surface area contributed by atoms with Crippen LogP contribution in [-0.2, 0) is 16.1 Å². The number of nitrogens with one attached hydrogen (secondary N) is 4. The fourth-order valence-corrected chi connectivity index (χ4v) is 7.35. The van der Waals surface area contributed by atoms with E-state index in [0.717, 1.165) is 49.9 Å². The smallest absolute Gasteiger partial charge is 0.272 e. The Balaban J connectivity index is 1.08. The number of nitrogens with zero attached hydrogens (tertiary/aromatic N) is 1. The van der Waals surface area contributed by atoms with E-state index in [9.17, 15) is 14.4 Å². The molecule has 0 spiro atoms. The molecule has 254 valence electrons. The number of thioether (sulfide) groups is 1. The third-order valence-corrected chi connectivity index (χ3v) is 10.2. The minimum Gasteiger partial charge on any atom is -0.361 e. The van der Waals surface area contributed by atoms with E-state index in [1.54, 1.807) is 42.6 Å². The van der Waals surface area contributed by atoms with Crippen LogP contribution in [0.2, 0.25) is 0 Å². The molecule has 0 bridgehead atoms. The number of para-hydroxylation sites is 2. The van der Waals surface area contributed by atoms with Gasteiger partial charge in [-0.25, -0.2) is 0 Å². The van der Waals surface area contributed by atoms with Crippen LogP contribution in [-0.4, -0.2) is 32.5 Å². The van der Waals surface area contributed by atoms with E-state index in [4.69, 9.17) is 0 Å². The maximum atomic E-state index is 13.8. The molecule has 0 saturated heterocycles. The molecule has 2 heterocycles. The topological polar surface area (TPSA) is 108 Å². The van der Waals surface area contributed by atoms with Gasteiger partial charge < -0.3 is 25.5 Å². The second kappa shape index (κ2) is 14.8. The average Bonchev–Trinajstić information content (AvgIpc) is 3.72. The van der Waals surface area contributed by atoms with Gasteiger partial charge in [0, 0.05) is 72.8 Å². The van der Waals surface area contributed by atoms with Crippen molar-refractivity contribution in [2.75, 3.05) is 10.6 Å². The van der Waals surface area contributed by atoms with Crippen molar-refractivity contribution >= 4 is 79.6 Å². The number of aromatic amines is 1. The highest BCUT2D eigenvalue weighted by molar-refractivity contribution is 8.00. The van der Waals surface area contributed by atoms with Gasteiger partial charge in [0.2, 0.25) is 5.91 Å². The largest absolute Gasteiger partial charge is 0.361 e. The molecule has 0 aliphatic heterocycles. The normalized spacial score (nSPS) is 12.2. The summed E-state index contributed by atoms with van der Waals surface area (Å²) < 4.78 is 2.28. The van der Waals surface area contributed by atoms with Crippen LogP contribution in [0.3, 0.4) is 0 Å². The fraction of sp³-hybridized carbons (Fsp3) is 0.119. The number of benzene rings is 5. The highest BCUT2D eigenvalue weighted by atomic mass is 32.2. The van der Waals surface area contributed by atoms with Crippen molar-refractivity contribution in [2.45, 2.75) is 37.0 Å². The van der Waals surface area contributed by atoms with Crippen LogP contribution in [0.1, 0.15) is 36.2 Å². The van der Waals surface area contributed by atoms with E-state index in [-0.39, 0.29) is 16.9 Å². The van der Waals surface area contributed by atoms with Gasteiger partial charge in [0.1, 0.15) is 5.70 Å². The van der Waals surface area contributed by atoms with E-state index in [2.05, 4.69) is 50.6 Å². The lowest BCUT2D eigenvalue weighted by molar-refractivity contribution is -0.116. The second-order valence-corrected chi connectivity index (χ2v) is 13.4. The van der Waals surface area contributed by atoms with E-state index in [1.165, 1.54) is 17.3 Å². The zero-order chi connectivity index (χ0) is 35.3. The summed E-state index contributed by atoms with van der Waals surface area (Å²) >= 11 is 1.44. The Morgan fingerprint density at radius 3 is 2.27 bits per heavy atom. The number of fused-ring (bicyclic) bond motifs is 4. The molecule has 3 amide bonds. The third kappa shape index (κ3) is 7.15. The first kappa shape index (κ1) is 33.4. The molecular formula is C42H37N5O3S. The molecule has 7 rings (SSSR count). The third-order valence-electron chi connectivity index (χ3n) is 8.84. The summed E-state index contributed by atoms with van der Waals surface area (Å²) in [5.74, 6) is -0.965. The van der Waals surface area contributed by atoms with Crippen LogP contribution in [0.25, 0.3) is 38.8 Å². The Morgan fingerprint density at radius 1 is 0.745 bits per heavy atom. The number of H-pyrrole nitrogens is 1. The molecule has 0 aliphatic carbocycles. The van der Waals surface area contributed by atoms with E-state index >= 15 is 0 Å². The molecule has 4 N–H and O–H groups in total. The summed E-state index contributed by atoms with van der Waals surface area (Å²) in [5.41, 5.74) is 5.81. The Hall–Kier alpha value is -6.06. The number of carbonyl (C=O) groups is 3. The minimum atomic E-state index is -0.476. The molecule has 1 unspecified atom stereocenters. The van der Waals surface area contributed by atoms with E-state index in [0.29, 0.717) is 17.7 Å². The lowest BCUT2D eigenvalue weighted by Crippen LogP contribution is -2.30. The molecule has 2 aromatic heterocycles. The molecule has 0 radical (unpaired) electrons. The predicted molar refractivity (Wildman–Crippen MR) is 209 cm³/mol. The van der Waals surface area contributed by atoms with Crippen molar-refractivity contribution in [2.24, 2.45) is 0 Å². The Bertz CT molecular complexity index is 2430. The maximum absolute atomic E-state index is 13.8. The van der Waals surface area contributed by atoms with Gasteiger partial charge in [-0.3, -0.25) is 14.4 Å². The van der Waals surface area contributed by atoms with Crippen LogP contribution >= 0.6 is 11.8 Å². The summed E-state index contributed by atoms with van der Waals surface area (Å²) in [4.78, 5) is 44.5. The molecule has 7 aromatic rings. The Labute approximate surface area is 299 Å². The number of hydrogen-bond donors (Lipinski definition) is 4. The number of carbonyl (C=O) groups excluding carboxylic acids is 3. The van der Waals surface area contributed by atoms with Crippen LogP contribution in [0.15, 0.2) is 138 Å². The monoisotopic (exact) mass is 691 g/mol. The summed E-state index contributed by atoms with van der Waals surface area (Å²) in [6.45, 7) is 4.97. The second-order valence-electron chi connectivity index (χ2n) is 12.1. The van der Waals surface area contributed by atoms with Gasteiger partial charge in [-0.15, -0.1) is 11.8 Å². The highest BCUT2D eigenvalue weighted by Crippen LogP contribution is 2.33. The lowest BCUT2D eigenvalue weighted by Gasteiger charge is -2.16. The SMILES string of the molecule is CCC(Sc1cccc(NC(=O)/C(=C/c2c[nH]c3ccccc23)NC(=O)c2ccccc2)c1)C(=O)Nc1ccc2c(c1)c1ccccc1n2CC. The Kier molecular flexibility index (Phi) is 9.72. The van der Waals surface area contributed by atoms with Crippen molar-refractivity contribution in [3.8, 4) is 0 Å². The minimum absolute atomic E-state index is 0.0940. The summed E-state index contributed by atoms with van der Waals surface area (Å²) in [6, 6.07) is 38.3. The number of amides is 3. The van der Waals surface area contributed by atoms with Gasteiger partial charge in [0.15, 0.2) is 0 Å². The molecule has 1 atom stereocenters. The van der Waals surface area contributed by atoms with Gasteiger partial charge in [0.25, 0.3) is 11.8 Å². The quantitative estimate of drug-likeness (QED) is 0.0801.